The number of hydrogen-bond donors (Lipinski definition) is 2. The Kier molecular flexibility index (Phi) is 6.70. The first-order chi connectivity index (χ1) is 13.5. The number of carbonyl (C=O) groups is 2. The quantitative estimate of drug-likeness (QED) is 0.747. The van der Waals surface area contributed by atoms with Crippen LogP contribution >= 0.6 is 11.3 Å². The molecule has 150 valence electrons. The number of aryl methyl sites for hydroxylation is 2. The smallest absolute Gasteiger partial charge is 0.237 e. The van der Waals surface area contributed by atoms with Gasteiger partial charge < -0.3 is 15.4 Å². The van der Waals surface area contributed by atoms with E-state index in [0.29, 0.717) is 19.6 Å². The van der Waals surface area contributed by atoms with Gasteiger partial charge in [0, 0.05) is 29.4 Å². The number of methoxy groups -OCH3 is 1. The Balaban J connectivity index is 1.62. The number of thiophene rings is 1. The lowest BCUT2D eigenvalue weighted by Crippen LogP contribution is -2.56. The van der Waals surface area contributed by atoms with Crippen molar-refractivity contribution in [2.45, 2.75) is 39.4 Å². The van der Waals surface area contributed by atoms with E-state index in [2.05, 4.69) is 21.6 Å². The van der Waals surface area contributed by atoms with Crippen LogP contribution < -0.4 is 15.4 Å². The minimum absolute atomic E-state index is 0.0846. The highest BCUT2D eigenvalue weighted by Gasteiger charge is 2.31. The highest BCUT2D eigenvalue weighted by atomic mass is 32.1. The number of hydrogen-bond acceptors (Lipinski definition) is 5. The van der Waals surface area contributed by atoms with E-state index in [4.69, 9.17) is 4.74 Å². The summed E-state index contributed by atoms with van der Waals surface area (Å²) in [4.78, 5) is 29.3. The molecule has 1 aliphatic rings. The normalized spacial score (nSPS) is 17.2. The summed E-state index contributed by atoms with van der Waals surface area (Å²) in [5.41, 5.74) is 2.16. The van der Waals surface area contributed by atoms with Crippen molar-refractivity contribution in [3.8, 4) is 5.75 Å². The maximum absolute atomic E-state index is 12.4. The molecule has 7 heteroatoms. The van der Waals surface area contributed by atoms with Crippen molar-refractivity contribution in [2.24, 2.45) is 0 Å². The van der Waals surface area contributed by atoms with E-state index >= 15 is 0 Å². The van der Waals surface area contributed by atoms with Crippen molar-refractivity contribution in [2.75, 3.05) is 20.2 Å². The molecule has 0 bridgehead atoms. The Morgan fingerprint density at radius 3 is 2.82 bits per heavy atom. The Bertz CT molecular complexity index is 849. The summed E-state index contributed by atoms with van der Waals surface area (Å²) >= 11 is 1.67. The highest BCUT2D eigenvalue weighted by molar-refractivity contribution is 7.11. The third kappa shape index (κ3) is 5.11. The van der Waals surface area contributed by atoms with Crippen LogP contribution in [0.1, 0.15) is 27.3 Å². The van der Waals surface area contributed by atoms with Crippen LogP contribution in [0.5, 0.6) is 5.75 Å². The van der Waals surface area contributed by atoms with Crippen molar-refractivity contribution in [1.29, 1.82) is 0 Å². The maximum atomic E-state index is 12.4. The van der Waals surface area contributed by atoms with Crippen LogP contribution in [0.25, 0.3) is 0 Å². The molecule has 6 nitrogen and oxygen atoms in total. The molecule has 1 atom stereocenters. The van der Waals surface area contributed by atoms with Gasteiger partial charge in [0.1, 0.15) is 5.75 Å². The minimum atomic E-state index is -0.457. The zero-order valence-electron chi connectivity index (χ0n) is 16.6. The summed E-state index contributed by atoms with van der Waals surface area (Å²) in [6, 6.07) is 9.63. The molecule has 0 saturated carbocycles. The summed E-state index contributed by atoms with van der Waals surface area (Å²) in [5, 5.41) is 5.82. The second kappa shape index (κ2) is 9.21. The molecule has 1 saturated heterocycles. The zero-order chi connectivity index (χ0) is 20.1. The van der Waals surface area contributed by atoms with E-state index in [1.165, 1.54) is 4.88 Å². The van der Waals surface area contributed by atoms with E-state index in [1.807, 2.05) is 38.1 Å². The first-order valence-electron chi connectivity index (χ1n) is 9.43. The maximum Gasteiger partial charge on any atom is 0.237 e. The molecule has 0 radical (unpaired) electrons. The van der Waals surface area contributed by atoms with Crippen molar-refractivity contribution < 1.29 is 14.3 Å². The molecule has 1 aromatic carbocycles. The minimum Gasteiger partial charge on any atom is -0.496 e. The SMILES string of the molecule is COc1ccc(CN2CCNC(=O)[C@H]2CC(=O)NCc2ccc(C)s2)cc1C. The molecule has 0 spiro atoms. The fourth-order valence-corrected chi connectivity index (χ4v) is 4.29. The number of piperazine rings is 1. The average molecular weight is 402 g/mol. The van der Waals surface area contributed by atoms with Crippen molar-refractivity contribution >= 4 is 23.2 Å². The molecule has 1 aromatic heterocycles. The predicted octanol–water partition coefficient (Wildman–Crippen LogP) is 2.38. The van der Waals surface area contributed by atoms with E-state index in [0.717, 1.165) is 28.3 Å². The number of amides is 2. The molecule has 2 N–H and O–H groups in total. The van der Waals surface area contributed by atoms with Gasteiger partial charge >= 0.3 is 0 Å². The predicted molar refractivity (Wildman–Crippen MR) is 110 cm³/mol. The third-order valence-electron chi connectivity index (χ3n) is 4.92. The molecule has 1 aliphatic heterocycles. The zero-order valence-corrected chi connectivity index (χ0v) is 17.4. The van der Waals surface area contributed by atoms with Crippen LogP contribution in [0, 0.1) is 13.8 Å². The second-order valence-corrected chi connectivity index (χ2v) is 8.45. The van der Waals surface area contributed by atoms with E-state index in [1.54, 1.807) is 18.4 Å². The van der Waals surface area contributed by atoms with Gasteiger partial charge in [0.15, 0.2) is 0 Å². The fourth-order valence-electron chi connectivity index (χ4n) is 3.46. The largest absolute Gasteiger partial charge is 0.496 e. The first-order valence-corrected chi connectivity index (χ1v) is 10.2. The van der Waals surface area contributed by atoms with Gasteiger partial charge in [-0.2, -0.15) is 0 Å². The number of ether oxygens (including phenoxy) is 1. The average Bonchev–Trinajstić information content (AvgIpc) is 3.08. The number of rotatable bonds is 7. The van der Waals surface area contributed by atoms with Crippen LogP contribution in [0.2, 0.25) is 0 Å². The third-order valence-corrected chi connectivity index (χ3v) is 5.92. The molecule has 2 heterocycles. The van der Waals surface area contributed by atoms with Crippen LogP contribution in [0.4, 0.5) is 0 Å². The van der Waals surface area contributed by atoms with Gasteiger partial charge in [0.05, 0.1) is 26.1 Å². The Morgan fingerprint density at radius 2 is 2.14 bits per heavy atom. The summed E-state index contributed by atoms with van der Waals surface area (Å²) in [5.74, 6) is 0.655. The monoisotopic (exact) mass is 401 g/mol. The van der Waals surface area contributed by atoms with Gasteiger partial charge in [-0.3, -0.25) is 14.5 Å². The lowest BCUT2D eigenvalue weighted by atomic mass is 10.1. The van der Waals surface area contributed by atoms with Crippen LogP contribution in [0.15, 0.2) is 30.3 Å². The first kappa shape index (κ1) is 20.4. The fraction of sp³-hybridized carbons (Fsp3) is 0.429. The lowest BCUT2D eigenvalue weighted by Gasteiger charge is -2.34. The van der Waals surface area contributed by atoms with E-state index < -0.39 is 6.04 Å². The van der Waals surface area contributed by atoms with Crippen molar-refractivity contribution in [1.82, 2.24) is 15.5 Å². The molecule has 3 rings (SSSR count). The Labute approximate surface area is 169 Å². The summed E-state index contributed by atoms with van der Waals surface area (Å²) < 4.78 is 5.32. The van der Waals surface area contributed by atoms with Crippen LogP contribution in [0.3, 0.4) is 0 Å². The molecule has 0 unspecified atom stereocenters. The van der Waals surface area contributed by atoms with Gasteiger partial charge in [-0.25, -0.2) is 0 Å². The summed E-state index contributed by atoms with van der Waals surface area (Å²) in [6.45, 7) is 6.49. The molecule has 0 aliphatic carbocycles. The van der Waals surface area contributed by atoms with Gasteiger partial charge in [-0.05, 0) is 43.2 Å². The van der Waals surface area contributed by atoms with Crippen molar-refractivity contribution in [3.63, 3.8) is 0 Å². The topological polar surface area (TPSA) is 70.7 Å². The lowest BCUT2D eigenvalue weighted by molar-refractivity contribution is -0.134. The van der Waals surface area contributed by atoms with Crippen LogP contribution in [-0.4, -0.2) is 43.0 Å². The molecular weight excluding hydrogens is 374 g/mol. The molecule has 28 heavy (non-hydrogen) atoms. The van der Waals surface area contributed by atoms with Crippen LogP contribution in [-0.2, 0) is 22.7 Å². The van der Waals surface area contributed by atoms with Crippen molar-refractivity contribution in [3.05, 3.63) is 51.2 Å². The Morgan fingerprint density at radius 1 is 1.32 bits per heavy atom. The second-order valence-electron chi connectivity index (χ2n) is 7.07. The van der Waals surface area contributed by atoms with Gasteiger partial charge in [-0.15, -0.1) is 11.3 Å². The van der Waals surface area contributed by atoms with E-state index in [-0.39, 0.29) is 18.2 Å². The summed E-state index contributed by atoms with van der Waals surface area (Å²) in [7, 11) is 1.66. The van der Waals surface area contributed by atoms with Gasteiger partial charge in [-0.1, -0.05) is 12.1 Å². The number of benzene rings is 1. The van der Waals surface area contributed by atoms with Gasteiger partial charge in [0.25, 0.3) is 0 Å². The number of nitrogens with zero attached hydrogens (tertiary/aromatic N) is 1. The molecular formula is C21H27N3O3S. The number of carbonyl (C=O) groups excluding carboxylic acids is 2. The number of nitrogens with one attached hydrogen (secondary N) is 2. The standard InChI is InChI=1S/C21H27N3O3S/c1-14-10-16(5-7-19(14)27-3)13-24-9-8-22-21(26)18(24)11-20(25)23-12-17-6-4-15(2)28-17/h4-7,10,18H,8-9,11-13H2,1-3H3,(H,22,26)(H,23,25)/t18-/m1/s1. The molecule has 2 amide bonds. The molecule has 2 aromatic rings. The molecule has 1 fully saturated rings. The summed E-state index contributed by atoms with van der Waals surface area (Å²) in [6.07, 6.45) is 0.158. The van der Waals surface area contributed by atoms with Gasteiger partial charge in [0.2, 0.25) is 11.8 Å². The Hall–Kier alpha value is -2.38. The van der Waals surface area contributed by atoms with E-state index in [9.17, 15) is 9.59 Å². The highest BCUT2D eigenvalue weighted by Crippen LogP contribution is 2.21.